The van der Waals surface area contributed by atoms with Gasteiger partial charge in [0.2, 0.25) is 0 Å². The minimum absolute atomic E-state index is 0. The van der Waals surface area contributed by atoms with Crippen molar-refractivity contribution in [2.24, 2.45) is 17.8 Å². The van der Waals surface area contributed by atoms with Crippen LogP contribution in [0.1, 0.15) is 90.0 Å². The summed E-state index contributed by atoms with van der Waals surface area (Å²) in [6.45, 7) is 5.66. The van der Waals surface area contributed by atoms with Crippen molar-refractivity contribution < 1.29 is 202 Å². The van der Waals surface area contributed by atoms with Gasteiger partial charge in [-0.3, -0.25) is 19.2 Å². The van der Waals surface area contributed by atoms with Gasteiger partial charge in [-0.05, 0) is 201 Å². The second-order valence-corrected chi connectivity index (χ2v) is 21.5. The first-order valence-electron chi connectivity index (χ1n) is 24.8. The van der Waals surface area contributed by atoms with Crippen molar-refractivity contribution in [3.63, 3.8) is 0 Å². The third-order valence-corrected chi connectivity index (χ3v) is 16.5. The number of phenols is 1. The number of ether oxygens (including phenoxy) is 4. The van der Waals surface area contributed by atoms with Gasteiger partial charge in [0.15, 0.2) is 0 Å². The number of carbonyl (C=O) groups excluding carboxylic acids is 3. The first-order chi connectivity index (χ1) is 36.3. The van der Waals surface area contributed by atoms with E-state index in [1.54, 1.807) is 18.2 Å². The van der Waals surface area contributed by atoms with Crippen molar-refractivity contribution in [1.82, 2.24) is 0 Å². The van der Waals surface area contributed by atoms with Crippen LogP contribution in [0.2, 0.25) is 15.1 Å². The number of methoxy groups -OCH3 is 2. The van der Waals surface area contributed by atoms with Gasteiger partial charge < -0.3 is 46.2 Å². The number of hydrogen-bond donors (Lipinski definition) is 2. The number of carboxylic acids is 1. The fraction of sp³-hybridized carbons (Fsp3) is 0.333. The molecule has 6 aliphatic rings. The molecule has 0 radical (unpaired) electrons. The Kier molecular flexibility index (Phi) is 26.4. The average molecular weight is 1210 g/mol. The Morgan fingerprint density at radius 2 is 0.963 bits per heavy atom. The molecule has 80 heavy (non-hydrogen) atoms. The molecule has 3 fully saturated rings. The smallest absolute Gasteiger partial charge is 1.00 e. The molecule has 0 bridgehead atoms. The number of aryl methyl sites for hydroxylation is 6. The van der Waals surface area contributed by atoms with Gasteiger partial charge in [-0.25, -0.2) is 4.39 Å². The Labute approximate surface area is 588 Å². The monoisotopic (exact) mass is 1210 g/mol. The fourth-order valence-electron chi connectivity index (χ4n) is 11.4. The van der Waals surface area contributed by atoms with Crippen LogP contribution in [0.3, 0.4) is 0 Å². The molecule has 6 aliphatic carbocycles. The molecule has 3 saturated carbocycles. The molecule has 12 rings (SSSR count). The second kappa shape index (κ2) is 30.1. The first kappa shape index (κ1) is 70.1. The molecular weight excluding hydrogens is 1160 g/mol. The first-order valence-corrected chi connectivity index (χ1v) is 25.9. The number of phenolic OH excluding ortho intramolecular Hbond substituents is 1. The standard InChI is InChI=1S/C20H19ClO3.C19H17ClO3.C13H14O3.C7H6ClF.CH2O3.2K.Na.H2O.H/c1-12-3-6-18(17(21)9-12)24-14-5-4-13-7-8-20(15(13)10-14)11-16(20)19(22)23-2;1-11-2-5-17(16(20)8-11)23-13-4-3-12-6-7-19(14(12)9-13)10-15(19)18(21)22;1-16-12(15)11-7-13(11)5-4-8-2-3-9(14)6-10(8)13;1-5-2-3-7(9)6(8)4-5;2-1-4-3;;;;;/h3-6,9-10,16H,7-8,11H2,1-2H3;2-5,8-9,15H,6-7,10H2,1H3,(H,21,22);2-3,6,11,14H,4-5,7H2,1H3;2-4H,1H3;1,3H;;;;1H2;/q;;;;;3*+1;;-1/p-2/t16-,20-;15-,19-;11-,13-;;;;;;;/m000......./s1. The molecule has 13 nitrogen and oxygen atoms in total. The summed E-state index contributed by atoms with van der Waals surface area (Å²) in [6.07, 6.45) is 8.39. The summed E-state index contributed by atoms with van der Waals surface area (Å²) in [6, 6.07) is 33.7. The van der Waals surface area contributed by atoms with Crippen LogP contribution >= 0.6 is 34.8 Å². The van der Waals surface area contributed by atoms with Crippen molar-refractivity contribution in [1.29, 1.82) is 0 Å². The SMILES string of the molecule is COC(=O)[C@@H]1C[C@]12CCc1ccc(O)cc12.COC(=O)[C@@H]1C[C@]12CCc1ccc(Oc3ccc(C)cc3Cl)cc12.Cc1ccc(F)c(Cl)c1.Cc1ccc(Oc2ccc3c(c2)[C@]2(CC3)C[C@H]2C(=O)O)c(Cl)c1.O=CO[O-].[H-].[K+].[K+].[Na+].[OH-]. The van der Waals surface area contributed by atoms with Crippen LogP contribution < -0.4 is 147 Å². The van der Waals surface area contributed by atoms with Gasteiger partial charge in [-0.1, -0.05) is 71.2 Å². The molecule has 6 aromatic rings. The van der Waals surface area contributed by atoms with Crippen molar-refractivity contribution in [3.05, 3.63) is 180 Å². The van der Waals surface area contributed by atoms with Crippen molar-refractivity contribution in [2.45, 2.75) is 94.8 Å². The van der Waals surface area contributed by atoms with E-state index in [4.69, 9.17) is 63.8 Å². The molecule has 3 spiro atoms. The van der Waals surface area contributed by atoms with Gasteiger partial charge in [-0.15, -0.1) is 0 Å². The molecule has 0 heterocycles. The van der Waals surface area contributed by atoms with Gasteiger partial charge in [0.05, 0.1) is 47.0 Å². The van der Waals surface area contributed by atoms with E-state index in [9.17, 15) is 29.0 Å². The Balaban J connectivity index is 0.000000283. The largest absolute Gasteiger partial charge is 1.00 e. The fourth-order valence-corrected chi connectivity index (χ4v) is 12.2. The number of halogens is 4. The Hall–Kier alpha value is -2.41. The van der Waals surface area contributed by atoms with Crippen LogP contribution in [0.4, 0.5) is 4.39 Å². The molecule has 0 aromatic heterocycles. The number of fused-ring (bicyclic) bond motifs is 6. The molecular formula is C60H59Cl3FK2NaO13. The summed E-state index contributed by atoms with van der Waals surface area (Å²) in [5.74, 6) is 1.51. The van der Waals surface area contributed by atoms with Crippen LogP contribution in [0.5, 0.6) is 28.7 Å². The summed E-state index contributed by atoms with van der Waals surface area (Å²) < 4.78 is 34.0. The summed E-state index contributed by atoms with van der Waals surface area (Å²) in [7, 11) is 2.90. The van der Waals surface area contributed by atoms with E-state index in [-0.39, 0.29) is 208 Å². The minimum Gasteiger partial charge on any atom is -1.00 e. The van der Waals surface area contributed by atoms with E-state index in [1.165, 1.54) is 42.5 Å². The average Bonchev–Trinajstić information content (AvgIpc) is 4.36. The van der Waals surface area contributed by atoms with Crippen LogP contribution in [0, 0.1) is 44.3 Å². The zero-order valence-corrected chi connectivity index (χ0v) is 56.5. The van der Waals surface area contributed by atoms with Crippen molar-refractivity contribution >= 4 is 59.2 Å². The third-order valence-electron chi connectivity index (χ3n) is 15.6. The molecule has 0 unspecified atom stereocenters. The topological polar surface area (TPSA) is 208 Å². The molecule has 408 valence electrons. The molecule has 0 amide bonds. The number of rotatable bonds is 8. The number of aromatic hydroxyl groups is 1. The van der Waals surface area contributed by atoms with Gasteiger partial charge in [0, 0.05) is 16.2 Å². The maximum atomic E-state index is 12.4. The van der Waals surface area contributed by atoms with E-state index < -0.39 is 5.97 Å². The normalized spacial score (nSPS) is 21.6. The number of carboxylic acid groups (broad SMARTS) is 1. The van der Waals surface area contributed by atoms with Crippen molar-refractivity contribution in [2.75, 3.05) is 14.2 Å². The second-order valence-electron chi connectivity index (χ2n) is 20.3. The summed E-state index contributed by atoms with van der Waals surface area (Å²) in [5, 5.41) is 28.6. The zero-order valence-electron chi connectivity index (χ0n) is 47.0. The quantitative estimate of drug-likeness (QED) is 0.0737. The molecule has 20 heteroatoms. The van der Waals surface area contributed by atoms with E-state index in [1.807, 2.05) is 87.5 Å². The van der Waals surface area contributed by atoms with Crippen LogP contribution in [0.15, 0.2) is 109 Å². The van der Waals surface area contributed by atoms with E-state index >= 15 is 0 Å². The molecule has 6 aromatic carbocycles. The van der Waals surface area contributed by atoms with E-state index in [2.05, 4.69) is 23.1 Å². The number of carbonyl (C=O) groups is 4. The van der Waals surface area contributed by atoms with Crippen molar-refractivity contribution in [3.8, 4) is 28.7 Å². The minimum atomic E-state index is -0.689. The number of aliphatic carboxylic acids is 1. The third kappa shape index (κ3) is 15.7. The predicted molar refractivity (Wildman–Crippen MR) is 286 cm³/mol. The number of hydrogen-bond acceptors (Lipinski definition) is 12. The summed E-state index contributed by atoms with van der Waals surface area (Å²) >= 11 is 17.9. The summed E-state index contributed by atoms with van der Waals surface area (Å²) in [5.41, 5.74) is 10.3. The van der Waals surface area contributed by atoms with Crippen LogP contribution in [-0.4, -0.2) is 54.3 Å². The predicted octanol–water partition coefficient (Wildman–Crippen LogP) is 3.49. The summed E-state index contributed by atoms with van der Waals surface area (Å²) in [4.78, 5) is 46.1. The van der Waals surface area contributed by atoms with Gasteiger partial charge >= 0.3 is 150 Å². The van der Waals surface area contributed by atoms with Gasteiger partial charge in [0.25, 0.3) is 6.47 Å². The van der Waals surface area contributed by atoms with Crippen LogP contribution in [0.25, 0.3) is 0 Å². The Morgan fingerprint density at radius 1 is 0.600 bits per heavy atom. The molecule has 0 saturated heterocycles. The molecule has 3 N–H and O–H groups in total. The van der Waals surface area contributed by atoms with E-state index in [0.717, 1.165) is 91.4 Å². The molecule has 6 atom stereocenters. The number of benzene rings is 6. The van der Waals surface area contributed by atoms with Crippen LogP contribution in [-0.2, 0) is 69.0 Å². The van der Waals surface area contributed by atoms with Gasteiger partial charge in [0.1, 0.15) is 34.6 Å². The maximum Gasteiger partial charge on any atom is 1.00 e. The van der Waals surface area contributed by atoms with Gasteiger partial charge in [-0.2, -0.15) is 0 Å². The Morgan fingerprint density at radius 3 is 1.31 bits per heavy atom. The molecule has 0 aliphatic heterocycles. The number of esters is 2. The zero-order chi connectivity index (χ0) is 54.7. The maximum absolute atomic E-state index is 12.4. The Bertz CT molecular complexity index is 3230. The van der Waals surface area contributed by atoms with E-state index in [0.29, 0.717) is 27.3 Å².